The maximum atomic E-state index is 15.0. The highest BCUT2D eigenvalue weighted by atomic mass is 28.3. The van der Waals surface area contributed by atoms with Gasteiger partial charge in [-0.05, 0) is 72.8 Å². The highest BCUT2D eigenvalue weighted by Crippen LogP contribution is 2.40. The molecule has 204 valence electrons. The van der Waals surface area contributed by atoms with E-state index >= 15 is 0 Å². The van der Waals surface area contributed by atoms with E-state index in [1.54, 1.807) is 30.3 Å². The van der Waals surface area contributed by atoms with E-state index < -0.39 is 32.8 Å². The monoisotopic (exact) mass is 534 g/mol. The Bertz CT molecular complexity index is 981. The summed E-state index contributed by atoms with van der Waals surface area (Å²) in [5.41, 5.74) is 1.58. The second-order valence-electron chi connectivity index (χ2n) is 11.4. The van der Waals surface area contributed by atoms with Gasteiger partial charge in [-0.15, -0.1) is 0 Å². The maximum absolute atomic E-state index is 15.0. The summed E-state index contributed by atoms with van der Waals surface area (Å²) in [4.78, 5) is 0. The lowest BCUT2D eigenvalue weighted by Crippen LogP contribution is -2.22. The molecule has 0 radical (unpaired) electrons. The van der Waals surface area contributed by atoms with Crippen molar-refractivity contribution in [2.75, 3.05) is 0 Å². The molecule has 2 fully saturated rings. The van der Waals surface area contributed by atoms with Crippen molar-refractivity contribution in [1.29, 1.82) is 0 Å². The van der Waals surface area contributed by atoms with E-state index in [2.05, 4.69) is 11.7 Å². The second-order valence-corrected chi connectivity index (χ2v) is 14.9. The molecule has 1 heterocycles. The summed E-state index contributed by atoms with van der Waals surface area (Å²) in [6.45, 7) is -0.808. The highest BCUT2D eigenvalue weighted by Gasteiger charge is 2.26. The normalized spacial score (nSPS) is 24.4. The van der Waals surface area contributed by atoms with E-state index in [1.165, 1.54) is 63.9 Å². The molecule has 0 unspecified atom stereocenters. The SMILES string of the molecule is CCCCC[Si@H]1CC[C@H](CC[C@H]2CC[C@H](c3ccc(-c4ccc(OC(F)F)c(F)c4)c(F)c3)CC2)CC1. The molecule has 0 bridgehead atoms. The lowest BCUT2D eigenvalue weighted by atomic mass is 9.76. The van der Waals surface area contributed by atoms with Crippen LogP contribution in [0, 0.1) is 23.5 Å². The predicted octanol–water partition coefficient (Wildman–Crippen LogP) is 10.1. The molecular weight excluding hydrogens is 492 g/mol. The predicted molar refractivity (Wildman–Crippen MR) is 146 cm³/mol. The van der Waals surface area contributed by atoms with Crippen molar-refractivity contribution in [3.8, 4) is 16.9 Å². The van der Waals surface area contributed by atoms with Gasteiger partial charge in [-0.3, -0.25) is 0 Å². The van der Waals surface area contributed by atoms with Gasteiger partial charge in [0, 0.05) is 14.4 Å². The zero-order valence-corrected chi connectivity index (χ0v) is 23.3. The summed E-state index contributed by atoms with van der Waals surface area (Å²) in [6, 6.07) is 13.5. The van der Waals surface area contributed by atoms with Crippen LogP contribution in [-0.4, -0.2) is 15.4 Å². The van der Waals surface area contributed by atoms with Crippen LogP contribution in [0.4, 0.5) is 17.6 Å². The molecule has 2 aliphatic rings. The standard InChI is InChI=1S/C31H42F4OSi/c1-2-3-4-17-37-18-15-23(16-19-37)6-5-22-7-9-24(10-8-22)25-11-13-27(28(32)20-25)26-12-14-30(29(33)21-26)36-31(34)35/h11-14,20-24,31,37H,2-10,15-19H2,1H3/t22-,23-,24-,37-. The zero-order valence-electron chi connectivity index (χ0n) is 22.2. The third-order valence-corrected chi connectivity index (χ3v) is 12.5. The first-order valence-electron chi connectivity index (χ1n) is 14.5. The fourth-order valence-corrected chi connectivity index (χ4v) is 10.2. The first-order valence-corrected chi connectivity index (χ1v) is 16.9. The minimum absolute atomic E-state index is 0.267. The average molecular weight is 535 g/mol. The molecular formula is C31H42F4OSi. The van der Waals surface area contributed by atoms with Gasteiger partial charge in [0.25, 0.3) is 0 Å². The molecule has 1 aliphatic carbocycles. The van der Waals surface area contributed by atoms with E-state index in [0.29, 0.717) is 11.5 Å². The molecule has 1 nitrogen and oxygen atoms in total. The summed E-state index contributed by atoms with van der Waals surface area (Å²) >= 11 is 0. The quantitative estimate of drug-likeness (QED) is 0.158. The number of rotatable bonds is 11. The summed E-state index contributed by atoms with van der Waals surface area (Å²) in [7, 11) is -0.419. The van der Waals surface area contributed by atoms with Crippen LogP contribution in [0.1, 0.15) is 89.0 Å². The molecule has 0 spiro atoms. The van der Waals surface area contributed by atoms with Crippen molar-refractivity contribution >= 4 is 8.80 Å². The number of ether oxygens (including phenoxy) is 1. The highest BCUT2D eigenvalue weighted by molar-refractivity contribution is 6.58. The Kier molecular flexibility index (Phi) is 10.5. The second kappa shape index (κ2) is 13.8. The molecule has 37 heavy (non-hydrogen) atoms. The van der Waals surface area contributed by atoms with Gasteiger partial charge < -0.3 is 4.74 Å². The summed E-state index contributed by atoms with van der Waals surface area (Å²) < 4.78 is 58.0. The summed E-state index contributed by atoms with van der Waals surface area (Å²) in [5.74, 6) is 0.247. The molecule has 1 aliphatic heterocycles. The van der Waals surface area contributed by atoms with Crippen molar-refractivity contribution in [3.63, 3.8) is 0 Å². The summed E-state index contributed by atoms with van der Waals surface area (Å²) in [5, 5.41) is 0. The smallest absolute Gasteiger partial charge is 0.387 e. The van der Waals surface area contributed by atoms with Gasteiger partial charge in [0.1, 0.15) is 5.82 Å². The Morgan fingerprint density at radius 3 is 2.16 bits per heavy atom. The zero-order chi connectivity index (χ0) is 26.2. The van der Waals surface area contributed by atoms with Crippen LogP contribution in [0.15, 0.2) is 36.4 Å². The number of hydrogen-bond donors (Lipinski definition) is 0. The Labute approximate surface area is 221 Å². The van der Waals surface area contributed by atoms with Crippen LogP contribution in [0.25, 0.3) is 11.1 Å². The van der Waals surface area contributed by atoms with Gasteiger partial charge >= 0.3 is 6.61 Å². The van der Waals surface area contributed by atoms with Gasteiger partial charge in [0.05, 0.1) is 0 Å². The Balaban J connectivity index is 1.23. The van der Waals surface area contributed by atoms with E-state index in [0.717, 1.165) is 42.4 Å². The summed E-state index contributed by atoms with van der Waals surface area (Å²) in [6.07, 6.45) is 14.6. The number of benzene rings is 2. The number of halogens is 4. The van der Waals surface area contributed by atoms with E-state index in [4.69, 9.17) is 0 Å². The molecule has 6 heteroatoms. The van der Waals surface area contributed by atoms with Crippen LogP contribution < -0.4 is 4.74 Å². The van der Waals surface area contributed by atoms with E-state index in [1.807, 2.05) is 6.07 Å². The lowest BCUT2D eigenvalue weighted by molar-refractivity contribution is -0.0521. The van der Waals surface area contributed by atoms with Crippen LogP contribution >= 0.6 is 0 Å². The molecule has 1 saturated heterocycles. The first-order chi connectivity index (χ1) is 17.9. The molecule has 0 atom stereocenters. The van der Waals surface area contributed by atoms with Gasteiger partial charge in [-0.1, -0.05) is 88.2 Å². The molecule has 2 aromatic rings. The molecule has 0 amide bonds. The maximum Gasteiger partial charge on any atom is 0.387 e. The van der Waals surface area contributed by atoms with Gasteiger partial charge in [0.2, 0.25) is 0 Å². The Morgan fingerprint density at radius 1 is 0.838 bits per heavy atom. The molecule has 2 aromatic carbocycles. The third kappa shape index (κ3) is 8.08. The molecule has 4 rings (SSSR count). The van der Waals surface area contributed by atoms with Crippen LogP contribution in [0.3, 0.4) is 0 Å². The molecule has 1 saturated carbocycles. The van der Waals surface area contributed by atoms with Crippen LogP contribution in [0.2, 0.25) is 18.1 Å². The lowest BCUT2D eigenvalue weighted by Gasteiger charge is -2.32. The minimum atomic E-state index is -3.10. The minimum Gasteiger partial charge on any atom is -0.432 e. The van der Waals surface area contributed by atoms with Crippen LogP contribution in [-0.2, 0) is 0 Å². The largest absolute Gasteiger partial charge is 0.432 e. The van der Waals surface area contributed by atoms with Crippen molar-refractivity contribution in [2.45, 2.75) is 108 Å². The number of hydrogen-bond acceptors (Lipinski definition) is 1. The Morgan fingerprint density at radius 2 is 1.54 bits per heavy atom. The topological polar surface area (TPSA) is 9.23 Å². The van der Waals surface area contributed by atoms with E-state index in [-0.39, 0.29) is 5.56 Å². The Hall–Kier alpha value is -1.82. The van der Waals surface area contributed by atoms with Gasteiger partial charge in [-0.25, -0.2) is 8.78 Å². The molecule has 0 aromatic heterocycles. The van der Waals surface area contributed by atoms with E-state index in [9.17, 15) is 17.6 Å². The van der Waals surface area contributed by atoms with Crippen LogP contribution in [0.5, 0.6) is 5.75 Å². The van der Waals surface area contributed by atoms with Crippen molar-refractivity contribution < 1.29 is 22.3 Å². The van der Waals surface area contributed by atoms with Crippen molar-refractivity contribution in [1.82, 2.24) is 0 Å². The third-order valence-electron chi connectivity index (χ3n) is 8.94. The molecule has 0 N–H and O–H groups in total. The average Bonchev–Trinajstić information content (AvgIpc) is 2.90. The van der Waals surface area contributed by atoms with Crippen molar-refractivity contribution in [3.05, 3.63) is 53.6 Å². The number of alkyl halides is 2. The fraction of sp³-hybridized carbons (Fsp3) is 0.613. The fourth-order valence-electron chi connectivity index (χ4n) is 6.63. The van der Waals surface area contributed by atoms with Crippen molar-refractivity contribution in [2.24, 2.45) is 11.8 Å². The number of unbranched alkanes of at least 4 members (excludes halogenated alkanes) is 2. The first kappa shape index (κ1) is 28.2. The van der Waals surface area contributed by atoms with Gasteiger partial charge in [0.15, 0.2) is 11.6 Å². The van der Waals surface area contributed by atoms with Gasteiger partial charge in [-0.2, -0.15) is 8.78 Å².